The maximum absolute atomic E-state index is 11.5. The Kier molecular flexibility index (Phi) is 6.97. The summed E-state index contributed by atoms with van der Waals surface area (Å²) in [6.45, 7) is 4.55. The monoisotopic (exact) mass is 265 g/mol. The van der Waals surface area contributed by atoms with Gasteiger partial charge >= 0.3 is 6.09 Å². The van der Waals surface area contributed by atoms with Gasteiger partial charge in [0.25, 0.3) is 0 Å². The lowest BCUT2D eigenvalue weighted by Gasteiger charge is -2.20. The lowest BCUT2D eigenvalue weighted by atomic mass is 9.97. The van der Waals surface area contributed by atoms with Gasteiger partial charge in [-0.25, -0.2) is 4.79 Å². The molecule has 0 fully saturated rings. The number of amides is 1. The van der Waals surface area contributed by atoms with Gasteiger partial charge < -0.3 is 15.2 Å². The van der Waals surface area contributed by atoms with E-state index in [1.165, 1.54) is 0 Å². The van der Waals surface area contributed by atoms with Crippen LogP contribution in [0.3, 0.4) is 0 Å². The second-order valence-corrected chi connectivity index (χ2v) is 4.59. The van der Waals surface area contributed by atoms with Crippen LogP contribution >= 0.6 is 0 Å². The van der Waals surface area contributed by atoms with Crippen LogP contribution in [0.4, 0.5) is 4.79 Å². The molecule has 0 heterocycles. The predicted octanol–water partition coefficient (Wildman–Crippen LogP) is 2.71. The number of aliphatic hydroxyl groups excluding tert-OH is 1. The standard InChI is InChI=1S/C15H23NO3/c1-3-13(4-2)14(17)10-16-15(18)19-11-12-8-6-5-7-9-12/h5-9,13-14,17H,3-4,10-11H2,1-2H3,(H,16,18). The van der Waals surface area contributed by atoms with Gasteiger partial charge in [0, 0.05) is 6.54 Å². The number of nitrogens with one attached hydrogen (secondary N) is 1. The molecule has 106 valence electrons. The SMILES string of the molecule is CCC(CC)C(O)CNC(=O)OCc1ccccc1. The molecule has 1 atom stereocenters. The molecule has 4 heteroatoms. The lowest BCUT2D eigenvalue weighted by molar-refractivity contribution is 0.0917. The van der Waals surface area contributed by atoms with Gasteiger partial charge in [-0.05, 0) is 11.5 Å². The topological polar surface area (TPSA) is 58.6 Å². The van der Waals surface area contributed by atoms with E-state index >= 15 is 0 Å². The van der Waals surface area contributed by atoms with E-state index in [1.54, 1.807) is 0 Å². The Morgan fingerprint density at radius 1 is 1.26 bits per heavy atom. The van der Waals surface area contributed by atoms with E-state index in [4.69, 9.17) is 4.74 Å². The number of alkyl carbamates (subject to hydrolysis) is 1. The minimum absolute atomic E-state index is 0.217. The Balaban J connectivity index is 2.24. The van der Waals surface area contributed by atoms with E-state index in [2.05, 4.69) is 5.32 Å². The predicted molar refractivity (Wildman–Crippen MR) is 74.7 cm³/mol. The first-order chi connectivity index (χ1) is 9.17. The van der Waals surface area contributed by atoms with Crippen LogP contribution in [0.15, 0.2) is 30.3 Å². The Labute approximate surface area is 114 Å². The summed E-state index contributed by atoms with van der Waals surface area (Å²) in [7, 11) is 0. The minimum Gasteiger partial charge on any atom is -0.445 e. The van der Waals surface area contributed by atoms with Crippen molar-refractivity contribution in [3.05, 3.63) is 35.9 Å². The van der Waals surface area contributed by atoms with Crippen molar-refractivity contribution in [1.29, 1.82) is 0 Å². The molecular weight excluding hydrogens is 242 g/mol. The zero-order chi connectivity index (χ0) is 14.1. The van der Waals surface area contributed by atoms with Gasteiger partial charge in [-0.3, -0.25) is 0 Å². The van der Waals surface area contributed by atoms with Gasteiger partial charge in [-0.2, -0.15) is 0 Å². The first-order valence-corrected chi connectivity index (χ1v) is 6.80. The lowest BCUT2D eigenvalue weighted by Crippen LogP contribution is -2.36. The average molecular weight is 265 g/mol. The fourth-order valence-electron chi connectivity index (χ4n) is 1.96. The molecule has 1 unspecified atom stereocenters. The highest BCUT2D eigenvalue weighted by molar-refractivity contribution is 5.67. The van der Waals surface area contributed by atoms with Crippen LogP contribution in [-0.2, 0) is 11.3 Å². The highest BCUT2D eigenvalue weighted by Crippen LogP contribution is 2.12. The van der Waals surface area contributed by atoms with Crippen molar-refractivity contribution in [2.75, 3.05) is 6.54 Å². The Bertz CT molecular complexity index is 363. The first kappa shape index (κ1) is 15.5. The summed E-state index contributed by atoms with van der Waals surface area (Å²) in [4.78, 5) is 11.5. The fraction of sp³-hybridized carbons (Fsp3) is 0.533. The quantitative estimate of drug-likeness (QED) is 0.797. The molecule has 1 aromatic carbocycles. The van der Waals surface area contributed by atoms with Crippen molar-refractivity contribution in [2.45, 2.75) is 39.4 Å². The number of rotatable bonds is 7. The van der Waals surface area contributed by atoms with Gasteiger partial charge in [-0.1, -0.05) is 57.0 Å². The number of hydrogen-bond donors (Lipinski definition) is 2. The van der Waals surface area contributed by atoms with Crippen LogP contribution in [0, 0.1) is 5.92 Å². The summed E-state index contributed by atoms with van der Waals surface area (Å²) in [5, 5.41) is 12.5. The number of hydrogen-bond acceptors (Lipinski definition) is 3. The van der Waals surface area contributed by atoms with Crippen LogP contribution in [0.2, 0.25) is 0 Å². The van der Waals surface area contributed by atoms with Crippen LogP contribution in [0.25, 0.3) is 0 Å². The van der Waals surface area contributed by atoms with E-state index in [-0.39, 0.29) is 19.1 Å². The zero-order valence-electron chi connectivity index (χ0n) is 11.6. The van der Waals surface area contributed by atoms with E-state index in [0.717, 1.165) is 18.4 Å². The van der Waals surface area contributed by atoms with E-state index < -0.39 is 12.2 Å². The van der Waals surface area contributed by atoms with Crippen molar-refractivity contribution >= 4 is 6.09 Å². The molecule has 0 saturated heterocycles. The second-order valence-electron chi connectivity index (χ2n) is 4.59. The van der Waals surface area contributed by atoms with Crippen molar-refractivity contribution < 1.29 is 14.6 Å². The second kappa shape index (κ2) is 8.53. The molecule has 1 amide bonds. The van der Waals surface area contributed by atoms with E-state index in [9.17, 15) is 9.90 Å². The average Bonchev–Trinajstić information content (AvgIpc) is 2.45. The molecule has 0 radical (unpaired) electrons. The molecular formula is C15H23NO3. The number of carbonyl (C=O) groups excluding carboxylic acids is 1. The Morgan fingerprint density at radius 2 is 1.89 bits per heavy atom. The Morgan fingerprint density at radius 3 is 2.47 bits per heavy atom. The molecule has 4 nitrogen and oxygen atoms in total. The molecule has 0 spiro atoms. The molecule has 0 saturated carbocycles. The fourth-order valence-corrected chi connectivity index (χ4v) is 1.96. The van der Waals surface area contributed by atoms with Gasteiger partial charge in [0.2, 0.25) is 0 Å². The zero-order valence-corrected chi connectivity index (χ0v) is 11.6. The van der Waals surface area contributed by atoms with Crippen molar-refractivity contribution in [2.24, 2.45) is 5.92 Å². The summed E-state index contributed by atoms with van der Waals surface area (Å²) in [5.74, 6) is 0.217. The number of carbonyl (C=O) groups is 1. The molecule has 1 aromatic rings. The maximum Gasteiger partial charge on any atom is 0.407 e. The van der Waals surface area contributed by atoms with Gasteiger partial charge in [0.05, 0.1) is 6.10 Å². The van der Waals surface area contributed by atoms with E-state index in [1.807, 2.05) is 44.2 Å². The normalized spacial score (nSPS) is 12.2. The van der Waals surface area contributed by atoms with Gasteiger partial charge in [-0.15, -0.1) is 0 Å². The molecule has 0 aliphatic carbocycles. The summed E-state index contributed by atoms with van der Waals surface area (Å²) in [5.41, 5.74) is 0.943. The Hall–Kier alpha value is -1.55. The van der Waals surface area contributed by atoms with Crippen LogP contribution < -0.4 is 5.32 Å². The molecule has 0 aromatic heterocycles. The summed E-state index contributed by atoms with van der Waals surface area (Å²) in [6.07, 6.45) is 0.796. The molecule has 2 N–H and O–H groups in total. The van der Waals surface area contributed by atoms with Crippen molar-refractivity contribution in [3.63, 3.8) is 0 Å². The summed E-state index contributed by atoms with van der Waals surface area (Å²) >= 11 is 0. The number of benzene rings is 1. The molecule has 19 heavy (non-hydrogen) atoms. The maximum atomic E-state index is 11.5. The van der Waals surface area contributed by atoms with Crippen molar-refractivity contribution in [1.82, 2.24) is 5.32 Å². The molecule has 0 aliphatic heterocycles. The minimum atomic E-state index is -0.515. The third kappa shape index (κ3) is 5.75. The van der Waals surface area contributed by atoms with Gasteiger partial charge in [0.15, 0.2) is 0 Å². The van der Waals surface area contributed by atoms with E-state index in [0.29, 0.717) is 0 Å². The largest absolute Gasteiger partial charge is 0.445 e. The summed E-state index contributed by atoms with van der Waals surface area (Å²) in [6, 6.07) is 9.50. The number of ether oxygens (including phenoxy) is 1. The van der Waals surface area contributed by atoms with Crippen molar-refractivity contribution in [3.8, 4) is 0 Å². The summed E-state index contributed by atoms with van der Waals surface area (Å²) < 4.78 is 5.06. The third-order valence-electron chi connectivity index (χ3n) is 3.26. The molecule has 1 rings (SSSR count). The smallest absolute Gasteiger partial charge is 0.407 e. The highest BCUT2D eigenvalue weighted by Gasteiger charge is 2.16. The molecule has 0 aliphatic rings. The first-order valence-electron chi connectivity index (χ1n) is 6.80. The third-order valence-corrected chi connectivity index (χ3v) is 3.26. The van der Waals surface area contributed by atoms with Crippen LogP contribution in [-0.4, -0.2) is 23.8 Å². The highest BCUT2D eigenvalue weighted by atomic mass is 16.5. The van der Waals surface area contributed by atoms with Crippen LogP contribution in [0.1, 0.15) is 32.3 Å². The number of aliphatic hydroxyl groups is 1. The molecule has 0 bridgehead atoms. The van der Waals surface area contributed by atoms with Gasteiger partial charge in [0.1, 0.15) is 6.61 Å². The van der Waals surface area contributed by atoms with Crippen LogP contribution in [0.5, 0.6) is 0 Å².